The average Bonchev–Trinajstić information content (AvgIpc) is 2.98. The molecule has 150 valence electrons. The summed E-state index contributed by atoms with van der Waals surface area (Å²) in [5, 5.41) is 3.04. The molecule has 3 aromatic carbocycles. The molecule has 0 aromatic heterocycles. The zero-order valence-corrected chi connectivity index (χ0v) is 17.4. The van der Waals surface area contributed by atoms with E-state index in [2.05, 4.69) is 21.2 Å². The number of amides is 2. The van der Waals surface area contributed by atoms with Gasteiger partial charge in [-0.2, -0.15) is 0 Å². The Hall–Kier alpha value is -3.45. The summed E-state index contributed by atoms with van der Waals surface area (Å²) in [4.78, 5) is 27.5. The number of rotatable bonds is 5. The van der Waals surface area contributed by atoms with Crippen molar-refractivity contribution in [2.75, 3.05) is 17.3 Å². The first-order valence-corrected chi connectivity index (χ1v) is 9.84. The molecule has 2 amide bonds. The van der Waals surface area contributed by atoms with Crippen LogP contribution in [-0.2, 0) is 9.59 Å². The minimum absolute atomic E-state index is 0.0471. The second-order valence-corrected chi connectivity index (χ2v) is 7.40. The first-order chi connectivity index (χ1) is 14.5. The van der Waals surface area contributed by atoms with Gasteiger partial charge in [0.15, 0.2) is 0 Å². The molecule has 0 saturated carbocycles. The van der Waals surface area contributed by atoms with E-state index < -0.39 is 17.6 Å². The van der Waals surface area contributed by atoms with Crippen LogP contribution in [0.15, 0.2) is 83.0 Å². The molecule has 5 nitrogen and oxygen atoms in total. The first kappa shape index (κ1) is 19.8. The maximum atomic E-state index is 14.5. The molecule has 0 fully saturated rings. The van der Waals surface area contributed by atoms with Gasteiger partial charge in [-0.15, -0.1) is 0 Å². The SMILES string of the molecule is COc1ccccc1C1=C(Nc2cccc(Br)c2)C(=O)N(c2ccccc2F)C1=O. The Balaban J connectivity index is 1.89. The fourth-order valence-corrected chi connectivity index (χ4v) is 3.71. The molecule has 0 aliphatic carbocycles. The molecule has 0 saturated heterocycles. The summed E-state index contributed by atoms with van der Waals surface area (Å²) in [5.41, 5.74) is 1.09. The molecular formula is C23H16BrFN2O3. The number of benzene rings is 3. The minimum atomic E-state index is -0.665. The van der Waals surface area contributed by atoms with Gasteiger partial charge in [0.05, 0.1) is 18.4 Å². The first-order valence-electron chi connectivity index (χ1n) is 9.05. The second kappa shape index (κ2) is 8.12. The van der Waals surface area contributed by atoms with Gasteiger partial charge in [-0.1, -0.05) is 52.3 Å². The van der Waals surface area contributed by atoms with E-state index in [1.54, 1.807) is 48.5 Å². The van der Waals surface area contributed by atoms with Gasteiger partial charge in [0, 0.05) is 15.7 Å². The Morgan fingerprint density at radius 2 is 1.67 bits per heavy atom. The summed E-state index contributed by atoms with van der Waals surface area (Å²) < 4.78 is 20.7. The highest BCUT2D eigenvalue weighted by Gasteiger charge is 2.42. The second-order valence-electron chi connectivity index (χ2n) is 6.48. The van der Waals surface area contributed by atoms with Gasteiger partial charge in [0.2, 0.25) is 0 Å². The van der Waals surface area contributed by atoms with Crippen LogP contribution in [-0.4, -0.2) is 18.9 Å². The smallest absolute Gasteiger partial charge is 0.282 e. The Kier molecular flexibility index (Phi) is 5.37. The third-order valence-electron chi connectivity index (χ3n) is 4.65. The number of carbonyl (C=O) groups excluding carboxylic acids is 2. The molecule has 3 aromatic rings. The zero-order valence-electron chi connectivity index (χ0n) is 15.9. The third-order valence-corrected chi connectivity index (χ3v) is 5.14. The molecule has 0 unspecified atom stereocenters. The van der Waals surface area contributed by atoms with Crippen molar-refractivity contribution < 1.29 is 18.7 Å². The monoisotopic (exact) mass is 466 g/mol. The van der Waals surface area contributed by atoms with Crippen LogP contribution < -0.4 is 15.0 Å². The molecule has 0 atom stereocenters. The number of ether oxygens (including phenoxy) is 1. The summed E-state index contributed by atoms with van der Waals surface area (Å²) in [6, 6.07) is 19.7. The van der Waals surface area contributed by atoms with Crippen molar-refractivity contribution in [3.63, 3.8) is 0 Å². The summed E-state index contributed by atoms with van der Waals surface area (Å²) in [5.74, 6) is -1.52. The van der Waals surface area contributed by atoms with Crippen LogP contribution >= 0.6 is 15.9 Å². The van der Waals surface area contributed by atoms with Crippen molar-refractivity contribution in [1.29, 1.82) is 0 Å². The van der Waals surface area contributed by atoms with E-state index in [0.717, 1.165) is 9.37 Å². The lowest BCUT2D eigenvalue weighted by Crippen LogP contribution is -2.33. The molecule has 1 heterocycles. The van der Waals surface area contributed by atoms with Gasteiger partial charge in [-0.05, 0) is 36.4 Å². The maximum absolute atomic E-state index is 14.5. The number of nitrogens with zero attached hydrogens (tertiary/aromatic N) is 1. The van der Waals surface area contributed by atoms with Gasteiger partial charge < -0.3 is 10.1 Å². The predicted molar refractivity (Wildman–Crippen MR) is 117 cm³/mol. The lowest BCUT2D eigenvalue weighted by Gasteiger charge is -2.16. The number of imide groups is 1. The summed E-state index contributed by atoms with van der Waals surface area (Å²) in [6.45, 7) is 0. The van der Waals surface area contributed by atoms with E-state index in [1.165, 1.54) is 25.3 Å². The number of methoxy groups -OCH3 is 1. The fourth-order valence-electron chi connectivity index (χ4n) is 3.31. The van der Waals surface area contributed by atoms with Gasteiger partial charge in [-0.25, -0.2) is 9.29 Å². The van der Waals surface area contributed by atoms with Gasteiger partial charge >= 0.3 is 0 Å². The molecule has 1 aliphatic heterocycles. The van der Waals surface area contributed by atoms with Crippen LogP contribution in [0.25, 0.3) is 5.57 Å². The average molecular weight is 467 g/mol. The van der Waals surface area contributed by atoms with Gasteiger partial charge in [0.1, 0.15) is 17.3 Å². The molecule has 0 radical (unpaired) electrons. The van der Waals surface area contributed by atoms with Crippen LogP contribution in [0, 0.1) is 5.82 Å². The van der Waals surface area contributed by atoms with Crippen LogP contribution in [0.1, 0.15) is 5.56 Å². The van der Waals surface area contributed by atoms with Crippen LogP contribution in [0.3, 0.4) is 0 Å². The highest BCUT2D eigenvalue weighted by Crippen LogP contribution is 2.38. The number of hydrogen-bond acceptors (Lipinski definition) is 4. The maximum Gasteiger partial charge on any atom is 0.282 e. The van der Waals surface area contributed by atoms with Crippen LogP contribution in [0.2, 0.25) is 0 Å². The Morgan fingerprint density at radius 1 is 0.933 bits per heavy atom. The Bertz CT molecular complexity index is 1190. The molecule has 7 heteroatoms. The summed E-state index contributed by atoms with van der Waals surface area (Å²) >= 11 is 3.39. The number of para-hydroxylation sites is 2. The summed E-state index contributed by atoms with van der Waals surface area (Å²) in [7, 11) is 1.48. The number of anilines is 2. The van der Waals surface area contributed by atoms with Gasteiger partial charge in [-0.3, -0.25) is 9.59 Å². The highest BCUT2D eigenvalue weighted by molar-refractivity contribution is 9.10. The summed E-state index contributed by atoms with van der Waals surface area (Å²) in [6.07, 6.45) is 0. The number of carbonyl (C=O) groups is 2. The van der Waals surface area contributed by atoms with Gasteiger partial charge in [0.25, 0.3) is 11.8 Å². The van der Waals surface area contributed by atoms with Crippen LogP contribution in [0.4, 0.5) is 15.8 Å². The zero-order chi connectivity index (χ0) is 21.3. The minimum Gasteiger partial charge on any atom is -0.496 e. The molecule has 30 heavy (non-hydrogen) atoms. The number of hydrogen-bond donors (Lipinski definition) is 1. The van der Waals surface area contributed by atoms with E-state index in [9.17, 15) is 14.0 Å². The lowest BCUT2D eigenvalue weighted by atomic mass is 10.0. The molecule has 4 rings (SSSR count). The molecule has 0 spiro atoms. The Labute approximate surface area is 180 Å². The topological polar surface area (TPSA) is 58.6 Å². The normalized spacial score (nSPS) is 13.8. The molecular weight excluding hydrogens is 451 g/mol. The van der Waals surface area contributed by atoms with Crippen molar-refractivity contribution in [2.24, 2.45) is 0 Å². The van der Waals surface area contributed by atoms with Crippen molar-refractivity contribution in [2.45, 2.75) is 0 Å². The lowest BCUT2D eigenvalue weighted by molar-refractivity contribution is -0.120. The van der Waals surface area contributed by atoms with E-state index in [0.29, 0.717) is 17.0 Å². The van der Waals surface area contributed by atoms with E-state index >= 15 is 0 Å². The molecule has 1 N–H and O–H groups in total. The van der Waals surface area contributed by atoms with Crippen molar-refractivity contribution in [3.8, 4) is 5.75 Å². The van der Waals surface area contributed by atoms with Crippen molar-refractivity contribution in [1.82, 2.24) is 0 Å². The number of nitrogens with one attached hydrogen (secondary N) is 1. The largest absolute Gasteiger partial charge is 0.496 e. The third kappa shape index (κ3) is 3.48. The van der Waals surface area contributed by atoms with Crippen molar-refractivity contribution in [3.05, 3.63) is 94.3 Å². The fraction of sp³-hybridized carbons (Fsp3) is 0.0435. The molecule has 1 aliphatic rings. The standard InChI is InChI=1S/C23H16BrFN2O3/c1-30-19-12-5-2-9-16(19)20-21(26-15-8-6-7-14(24)13-15)23(29)27(22(20)28)18-11-4-3-10-17(18)25/h2-13,26H,1H3. The molecule has 0 bridgehead atoms. The number of halogens is 2. The van der Waals surface area contributed by atoms with E-state index in [1.807, 2.05) is 6.07 Å². The van der Waals surface area contributed by atoms with E-state index in [-0.39, 0.29) is 17.0 Å². The van der Waals surface area contributed by atoms with E-state index in [4.69, 9.17) is 4.74 Å². The quantitative estimate of drug-likeness (QED) is 0.537. The Morgan fingerprint density at radius 3 is 2.40 bits per heavy atom. The van der Waals surface area contributed by atoms with Crippen LogP contribution in [0.5, 0.6) is 5.75 Å². The predicted octanol–water partition coefficient (Wildman–Crippen LogP) is 4.99. The van der Waals surface area contributed by atoms with Crippen molar-refractivity contribution >= 4 is 44.7 Å². The highest BCUT2D eigenvalue weighted by atomic mass is 79.9.